The number of carbonyl (C=O) groups is 2. The van der Waals surface area contributed by atoms with E-state index in [1.165, 1.54) is 24.3 Å². The molecule has 9 heteroatoms. The molecule has 4 rings (SSSR count). The number of nitrogens with zero attached hydrogens (tertiary/aromatic N) is 1. The Kier molecular flexibility index (Phi) is 6.80. The summed E-state index contributed by atoms with van der Waals surface area (Å²) in [6.07, 6.45) is 1.47. The average molecular weight is 576 g/mol. The monoisotopic (exact) mass is 574 g/mol. The van der Waals surface area contributed by atoms with Crippen molar-refractivity contribution in [3.05, 3.63) is 92.1 Å². The van der Waals surface area contributed by atoms with Crippen molar-refractivity contribution in [1.82, 2.24) is 5.43 Å². The van der Waals surface area contributed by atoms with Crippen LogP contribution in [-0.4, -0.2) is 18.9 Å². The summed E-state index contributed by atoms with van der Waals surface area (Å²) in [5, 5.41) is 1.19. The number of carbonyl (C=O) groups excluding carboxylic acids is 2. The van der Waals surface area contributed by atoms with E-state index < -0.39 is 11.8 Å². The minimum atomic E-state index is -0.522. The number of rotatable bonds is 6. The SMILES string of the molecule is COc1cc(/C=C2/C(=O)NN(c3ccccc3)C2=O)c(Br)c(Br)c1OCc1ccccc1F. The number of amides is 2. The molecule has 0 aliphatic carbocycles. The Labute approximate surface area is 206 Å². The molecule has 33 heavy (non-hydrogen) atoms. The first-order chi connectivity index (χ1) is 15.9. The van der Waals surface area contributed by atoms with E-state index in [1.54, 1.807) is 48.5 Å². The van der Waals surface area contributed by atoms with Gasteiger partial charge in [0, 0.05) is 10.0 Å². The van der Waals surface area contributed by atoms with Gasteiger partial charge in [0.1, 0.15) is 18.0 Å². The first-order valence-electron chi connectivity index (χ1n) is 9.75. The van der Waals surface area contributed by atoms with Crippen molar-refractivity contribution in [3.8, 4) is 11.5 Å². The smallest absolute Gasteiger partial charge is 0.282 e. The Morgan fingerprint density at radius 2 is 1.73 bits per heavy atom. The molecule has 6 nitrogen and oxygen atoms in total. The number of ether oxygens (including phenoxy) is 2. The summed E-state index contributed by atoms with van der Waals surface area (Å²) < 4.78 is 26.3. The van der Waals surface area contributed by atoms with Crippen LogP contribution < -0.4 is 19.9 Å². The van der Waals surface area contributed by atoms with Gasteiger partial charge in [-0.05, 0) is 67.8 Å². The molecule has 0 saturated carbocycles. The maximum Gasteiger partial charge on any atom is 0.282 e. The molecule has 1 saturated heterocycles. The molecule has 0 spiro atoms. The molecule has 1 fully saturated rings. The van der Waals surface area contributed by atoms with Crippen LogP contribution in [0.4, 0.5) is 10.1 Å². The fraction of sp³-hybridized carbons (Fsp3) is 0.0833. The molecule has 0 radical (unpaired) electrons. The number of nitrogens with one attached hydrogen (secondary N) is 1. The summed E-state index contributed by atoms with van der Waals surface area (Å²) in [5.74, 6) is -0.678. The van der Waals surface area contributed by atoms with Gasteiger partial charge in [-0.3, -0.25) is 15.0 Å². The van der Waals surface area contributed by atoms with E-state index in [4.69, 9.17) is 9.47 Å². The van der Waals surface area contributed by atoms with Crippen LogP contribution in [0.5, 0.6) is 11.5 Å². The van der Waals surface area contributed by atoms with Crippen LogP contribution in [0.25, 0.3) is 6.08 Å². The van der Waals surface area contributed by atoms with Gasteiger partial charge in [0.2, 0.25) is 0 Å². The zero-order valence-electron chi connectivity index (χ0n) is 17.3. The largest absolute Gasteiger partial charge is 0.493 e. The minimum absolute atomic E-state index is 0.0125. The summed E-state index contributed by atoms with van der Waals surface area (Å²) in [6.45, 7) is -0.0125. The van der Waals surface area contributed by atoms with Gasteiger partial charge in [0.25, 0.3) is 11.8 Å². The Morgan fingerprint density at radius 1 is 1.03 bits per heavy atom. The summed E-state index contributed by atoms with van der Waals surface area (Å²) in [4.78, 5) is 25.4. The molecule has 2 amide bonds. The second kappa shape index (κ2) is 9.76. The summed E-state index contributed by atoms with van der Waals surface area (Å²) in [6, 6.07) is 16.8. The van der Waals surface area contributed by atoms with Crippen molar-refractivity contribution < 1.29 is 23.5 Å². The van der Waals surface area contributed by atoms with E-state index in [2.05, 4.69) is 37.3 Å². The third kappa shape index (κ3) is 4.65. The topological polar surface area (TPSA) is 67.9 Å². The molecule has 3 aromatic carbocycles. The van der Waals surface area contributed by atoms with Crippen molar-refractivity contribution in [2.75, 3.05) is 12.1 Å². The molecule has 3 aromatic rings. The summed E-state index contributed by atoms with van der Waals surface area (Å²) in [7, 11) is 1.47. The molecule has 1 aliphatic heterocycles. The predicted octanol–water partition coefficient (Wildman–Crippen LogP) is 5.40. The molecular weight excluding hydrogens is 559 g/mol. The quantitative estimate of drug-likeness (QED) is 0.316. The van der Waals surface area contributed by atoms with Crippen LogP contribution in [-0.2, 0) is 16.2 Å². The van der Waals surface area contributed by atoms with Crippen LogP contribution in [0.2, 0.25) is 0 Å². The lowest BCUT2D eigenvalue weighted by Gasteiger charge is -2.16. The third-order valence-corrected chi connectivity index (χ3v) is 7.05. The lowest BCUT2D eigenvalue weighted by atomic mass is 10.1. The number of methoxy groups -OCH3 is 1. The van der Waals surface area contributed by atoms with E-state index in [1.807, 2.05) is 6.07 Å². The molecule has 1 aliphatic rings. The molecule has 0 unspecified atom stereocenters. The third-order valence-electron chi connectivity index (χ3n) is 4.91. The molecular formula is C24H17Br2FN2O4. The lowest BCUT2D eigenvalue weighted by Crippen LogP contribution is -2.35. The van der Waals surface area contributed by atoms with Crippen molar-refractivity contribution in [2.45, 2.75) is 6.61 Å². The molecule has 1 N–H and O–H groups in total. The van der Waals surface area contributed by atoms with Gasteiger partial charge < -0.3 is 9.47 Å². The van der Waals surface area contributed by atoms with Gasteiger partial charge in [-0.1, -0.05) is 36.4 Å². The van der Waals surface area contributed by atoms with Crippen LogP contribution in [0.15, 0.2) is 75.2 Å². The van der Waals surface area contributed by atoms with Crippen LogP contribution >= 0.6 is 31.9 Å². The molecule has 0 aromatic heterocycles. The summed E-state index contributed by atoms with van der Waals surface area (Å²) in [5.41, 5.74) is 3.99. The van der Waals surface area contributed by atoms with Crippen molar-refractivity contribution in [1.29, 1.82) is 0 Å². The zero-order valence-corrected chi connectivity index (χ0v) is 20.4. The Balaban J connectivity index is 1.65. The number of benzene rings is 3. The maximum absolute atomic E-state index is 14.0. The van der Waals surface area contributed by atoms with Gasteiger partial charge in [-0.2, -0.15) is 0 Å². The van der Waals surface area contributed by atoms with Gasteiger partial charge >= 0.3 is 0 Å². The van der Waals surface area contributed by atoms with Crippen LogP contribution in [0.3, 0.4) is 0 Å². The number of anilines is 1. The molecule has 0 bridgehead atoms. The van der Waals surface area contributed by atoms with E-state index in [0.29, 0.717) is 37.3 Å². The van der Waals surface area contributed by atoms with E-state index in [0.717, 1.165) is 0 Å². The van der Waals surface area contributed by atoms with E-state index in [9.17, 15) is 14.0 Å². The van der Waals surface area contributed by atoms with Gasteiger partial charge in [0.05, 0.1) is 17.3 Å². The van der Waals surface area contributed by atoms with E-state index >= 15 is 0 Å². The highest BCUT2D eigenvalue weighted by Crippen LogP contribution is 2.44. The highest BCUT2D eigenvalue weighted by molar-refractivity contribution is 9.13. The second-order valence-electron chi connectivity index (χ2n) is 6.98. The van der Waals surface area contributed by atoms with Crippen molar-refractivity contribution in [3.63, 3.8) is 0 Å². The standard InChI is InChI=1S/C24H17Br2FN2O4/c1-32-19-12-15(11-17-23(30)28-29(24(17)31)16-8-3-2-4-9-16)20(25)21(26)22(19)33-13-14-7-5-6-10-18(14)27/h2-12H,13H2,1H3,(H,28,30)/b17-11-. The Hall–Kier alpha value is -3.17. The lowest BCUT2D eigenvalue weighted by molar-refractivity contribution is -0.117. The number of para-hydroxylation sites is 1. The summed E-state index contributed by atoms with van der Waals surface area (Å²) >= 11 is 6.96. The van der Waals surface area contributed by atoms with Crippen molar-refractivity contribution in [2.24, 2.45) is 0 Å². The highest BCUT2D eigenvalue weighted by atomic mass is 79.9. The highest BCUT2D eigenvalue weighted by Gasteiger charge is 2.34. The Bertz CT molecular complexity index is 1260. The molecule has 1 heterocycles. The van der Waals surface area contributed by atoms with Crippen LogP contribution in [0.1, 0.15) is 11.1 Å². The van der Waals surface area contributed by atoms with Gasteiger partial charge in [-0.15, -0.1) is 0 Å². The minimum Gasteiger partial charge on any atom is -0.493 e. The Morgan fingerprint density at radius 3 is 2.42 bits per heavy atom. The van der Waals surface area contributed by atoms with Gasteiger partial charge in [0.15, 0.2) is 11.5 Å². The number of hydrogen-bond acceptors (Lipinski definition) is 4. The fourth-order valence-corrected chi connectivity index (χ4v) is 4.18. The first kappa shape index (κ1) is 23.0. The number of hydrazine groups is 1. The van der Waals surface area contributed by atoms with E-state index in [-0.39, 0.29) is 18.0 Å². The second-order valence-corrected chi connectivity index (χ2v) is 8.57. The van der Waals surface area contributed by atoms with Crippen LogP contribution in [0, 0.1) is 5.82 Å². The van der Waals surface area contributed by atoms with Crippen molar-refractivity contribution >= 4 is 55.4 Å². The van der Waals surface area contributed by atoms with Gasteiger partial charge in [-0.25, -0.2) is 9.40 Å². The first-order valence-corrected chi connectivity index (χ1v) is 11.3. The molecule has 168 valence electrons. The molecule has 0 atom stereocenters. The normalized spacial score (nSPS) is 14.5. The zero-order chi connectivity index (χ0) is 23.5. The predicted molar refractivity (Wildman–Crippen MR) is 129 cm³/mol. The number of halogens is 3. The number of hydrogen-bond donors (Lipinski definition) is 1. The fourth-order valence-electron chi connectivity index (χ4n) is 3.23. The average Bonchev–Trinajstić information content (AvgIpc) is 3.11. The maximum atomic E-state index is 14.0.